The quantitative estimate of drug-likeness (QED) is 0.816. The molecule has 0 aromatic heterocycles. The summed E-state index contributed by atoms with van der Waals surface area (Å²) >= 11 is 0. The van der Waals surface area contributed by atoms with E-state index in [9.17, 15) is 13.2 Å². The van der Waals surface area contributed by atoms with Gasteiger partial charge in [0.25, 0.3) is 0 Å². The molecule has 1 heterocycles. The second-order valence-corrected chi connectivity index (χ2v) is 9.32. The molecular formula is C21H26N2O3S. The molecule has 3 rings (SSSR count). The normalized spacial score (nSPS) is 17.1. The van der Waals surface area contributed by atoms with Crippen LogP contribution in [0.25, 0.3) is 0 Å². The molecule has 1 amide bonds. The molecule has 1 fully saturated rings. The van der Waals surface area contributed by atoms with E-state index in [1.54, 1.807) is 24.3 Å². The maximum absolute atomic E-state index is 12.6. The molecule has 0 spiro atoms. The number of hydrogen-bond donors (Lipinski definition) is 1. The van der Waals surface area contributed by atoms with Crippen molar-refractivity contribution in [3.8, 4) is 0 Å². The Morgan fingerprint density at radius 3 is 2.48 bits per heavy atom. The van der Waals surface area contributed by atoms with Crippen LogP contribution >= 0.6 is 0 Å². The van der Waals surface area contributed by atoms with E-state index in [0.717, 1.165) is 5.56 Å². The van der Waals surface area contributed by atoms with Gasteiger partial charge in [-0.25, -0.2) is 8.42 Å². The van der Waals surface area contributed by atoms with E-state index in [4.69, 9.17) is 0 Å². The van der Waals surface area contributed by atoms with E-state index in [1.165, 1.54) is 4.31 Å². The lowest BCUT2D eigenvalue weighted by Crippen LogP contribution is -2.25. The zero-order valence-corrected chi connectivity index (χ0v) is 16.6. The van der Waals surface area contributed by atoms with E-state index in [1.807, 2.05) is 18.2 Å². The third kappa shape index (κ3) is 4.69. The van der Waals surface area contributed by atoms with Crippen LogP contribution in [0.15, 0.2) is 54.6 Å². The first kappa shape index (κ1) is 19.4. The van der Waals surface area contributed by atoms with Gasteiger partial charge in [-0.3, -0.25) is 9.10 Å². The molecule has 0 aliphatic carbocycles. The van der Waals surface area contributed by atoms with E-state index >= 15 is 0 Å². The zero-order chi connectivity index (χ0) is 19.4. The minimum atomic E-state index is -3.23. The van der Waals surface area contributed by atoms with Crippen molar-refractivity contribution in [3.05, 3.63) is 60.2 Å². The SMILES string of the molecule is CC(C)C(CC(=O)Nc1cccc(N2CCCS2(=O)=O)c1)c1ccccc1. The number of carbonyl (C=O) groups is 1. The first-order valence-corrected chi connectivity index (χ1v) is 10.9. The smallest absolute Gasteiger partial charge is 0.235 e. The molecule has 1 aliphatic heterocycles. The Hall–Kier alpha value is -2.34. The van der Waals surface area contributed by atoms with Gasteiger partial charge in [0.05, 0.1) is 11.4 Å². The van der Waals surface area contributed by atoms with Gasteiger partial charge in [0.15, 0.2) is 0 Å². The minimum absolute atomic E-state index is 0.0704. The van der Waals surface area contributed by atoms with E-state index in [0.29, 0.717) is 36.7 Å². The van der Waals surface area contributed by atoms with E-state index < -0.39 is 10.0 Å². The molecule has 27 heavy (non-hydrogen) atoms. The van der Waals surface area contributed by atoms with Gasteiger partial charge in [-0.1, -0.05) is 50.2 Å². The molecule has 0 saturated carbocycles. The topological polar surface area (TPSA) is 66.5 Å². The Morgan fingerprint density at radius 2 is 1.85 bits per heavy atom. The van der Waals surface area contributed by atoms with Crippen LogP contribution in [0.2, 0.25) is 0 Å². The van der Waals surface area contributed by atoms with Crippen LogP contribution in [0, 0.1) is 5.92 Å². The van der Waals surface area contributed by atoms with Crippen molar-refractivity contribution in [1.82, 2.24) is 0 Å². The summed E-state index contributed by atoms with van der Waals surface area (Å²) in [7, 11) is -3.23. The van der Waals surface area contributed by atoms with Crippen LogP contribution in [0.3, 0.4) is 0 Å². The Morgan fingerprint density at radius 1 is 1.11 bits per heavy atom. The molecule has 1 atom stereocenters. The number of amides is 1. The fraction of sp³-hybridized carbons (Fsp3) is 0.381. The first-order chi connectivity index (χ1) is 12.9. The van der Waals surface area contributed by atoms with Crippen LogP contribution in [0.1, 0.15) is 38.2 Å². The summed E-state index contributed by atoms with van der Waals surface area (Å²) in [6.07, 6.45) is 1.01. The predicted molar refractivity (Wildman–Crippen MR) is 109 cm³/mol. The van der Waals surface area contributed by atoms with Gasteiger partial charge in [-0.15, -0.1) is 0 Å². The Labute approximate surface area is 161 Å². The number of hydrogen-bond acceptors (Lipinski definition) is 3. The average molecular weight is 387 g/mol. The van der Waals surface area contributed by atoms with Gasteiger partial charge in [0, 0.05) is 18.7 Å². The van der Waals surface area contributed by atoms with Crippen molar-refractivity contribution >= 4 is 27.3 Å². The molecule has 5 nitrogen and oxygen atoms in total. The van der Waals surface area contributed by atoms with Crippen molar-refractivity contribution in [1.29, 1.82) is 0 Å². The van der Waals surface area contributed by atoms with Crippen molar-refractivity contribution in [2.75, 3.05) is 21.9 Å². The van der Waals surface area contributed by atoms with Gasteiger partial charge in [0.2, 0.25) is 15.9 Å². The fourth-order valence-electron chi connectivity index (χ4n) is 3.52. The molecule has 2 aromatic carbocycles. The molecule has 1 unspecified atom stereocenters. The maximum Gasteiger partial charge on any atom is 0.235 e. The zero-order valence-electron chi connectivity index (χ0n) is 15.8. The van der Waals surface area contributed by atoms with Gasteiger partial charge in [-0.2, -0.15) is 0 Å². The predicted octanol–water partition coefficient (Wildman–Crippen LogP) is 3.99. The summed E-state index contributed by atoms with van der Waals surface area (Å²) in [6.45, 7) is 4.72. The lowest BCUT2D eigenvalue weighted by Gasteiger charge is -2.21. The number of nitrogens with one attached hydrogen (secondary N) is 1. The molecule has 0 radical (unpaired) electrons. The van der Waals surface area contributed by atoms with Crippen molar-refractivity contribution in [2.45, 2.75) is 32.6 Å². The maximum atomic E-state index is 12.6. The number of nitrogens with zero attached hydrogens (tertiary/aromatic N) is 1. The number of benzene rings is 2. The highest BCUT2D eigenvalue weighted by Gasteiger charge is 2.28. The third-order valence-corrected chi connectivity index (χ3v) is 6.82. The van der Waals surface area contributed by atoms with Crippen LogP contribution in [0.5, 0.6) is 0 Å². The standard InChI is InChI=1S/C21H26N2O3S/c1-16(2)20(17-8-4-3-5-9-17)15-21(24)22-18-10-6-11-19(14-18)23-12-7-13-27(23,25)26/h3-6,8-11,14,16,20H,7,12-13,15H2,1-2H3,(H,22,24). The second-order valence-electron chi connectivity index (χ2n) is 7.31. The highest BCUT2D eigenvalue weighted by atomic mass is 32.2. The minimum Gasteiger partial charge on any atom is -0.326 e. The highest BCUT2D eigenvalue weighted by Crippen LogP contribution is 2.29. The molecule has 1 aliphatic rings. The van der Waals surface area contributed by atoms with E-state index in [-0.39, 0.29) is 17.6 Å². The summed E-state index contributed by atoms with van der Waals surface area (Å²) in [5.74, 6) is 0.572. The highest BCUT2D eigenvalue weighted by molar-refractivity contribution is 7.93. The van der Waals surface area contributed by atoms with Crippen LogP contribution < -0.4 is 9.62 Å². The third-order valence-electron chi connectivity index (χ3n) is 4.95. The van der Waals surface area contributed by atoms with Crippen LogP contribution in [-0.4, -0.2) is 26.6 Å². The summed E-state index contributed by atoms with van der Waals surface area (Å²) in [4.78, 5) is 12.6. The second kappa shape index (κ2) is 8.13. The molecule has 0 bridgehead atoms. The van der Waals surface area contributed by atoms with Gasteiger partial charge < -0.3 is 5.32 Å². The largest absolute Gasteiger partial charge is 0.326 e. The Balaban J connectivity index is 1.71. The molecule has 1 saturated heterocycles. The Bertz CT molecular complexity index is 895. The van der Waals surface area contributed by atoms with Gasteiger partial charge >= 0.3 is 0 Å². The summed E-state index contributed by atoms with van der Waals surface area (Å²) in [5, 5.41) is 2.93. The average Bonchev–Trinajstić information content (AvgIpc) is 2.99. The number of anilines is 2. The molecule has 6 heteroatoms. The molecule has 144 valence electrons. The lowest BCUT2D eigenvalue weighted by molar-refractivity contribution is -0.116. The van der Waals surface area contributed by atoms with Gasteiger partial charge in [0.1, 0.15) is 0 Å². The summed E-state index contributed by atoms with van der Waals surface area (Å²) in [5.41, 5.74) is 2.38. The fourth-order valence-corrected chi connectivity index (χ4v) is 5.08. The molecule has 1 N–H and O–H groups in total. The number of rotatable bonds is 6. The summed E-state index contributed by atoms with van der Waals surface area (Å²) < 4.78 is 25.6. The monoisotopic (exact) mass is 386 g/mol. The van der Waals surface area contributed by atoms with Crippen molar-refractivity contribution in [2.24, 2.45) is 5.92 Å². The number of carbonyl (C=O) groups excluding carboxylic acids is 1. The molecule has 2 aromatic rings. The molecular weight excluding hydrogens is 360 g/mol. The number of sulfonamides is 1. The van der Waals surface area contributed by atoms with Crippen LogP contribution in [-0.2, 0) is 14.8 Å². The van der Waals surface area contributed by atoms with Crippen molar-refractivity contribution in [3.63, 3.8) is 0 Å². The van der Waals surface area contributed by atoms with E-state index in [2.05, 4.69) is 31.3 Å². The van der Waals surface area contributed by atoms with Crippen molar-refractivity contribution < 1.29 is 13.2 Å². The lowest BCUT2D eigenvalue weighted by atomic mass is 9.85. The summed E-state index contributed by atoms with van der Waals surface area (Å²) in [6, 6.07) is 17.1. The van der Waals surface area contributed by atoms with Gasteiger partial charge in [-0.05, 0) is 42.0 Å². The Kier molecular flexibility index (Phi) is 5.85. The first-order valence-electron chi connectivity index (χ1n) is 9.32. The van der Waals surface area contributed by atoms with Crippen LogP contribution in [0.4, 0.5) is 11.4 Å².